The smallest absolute Gasteiger partial charge is 0.141 e. The molecule has 0 spiro atoms. The summed E-state index contributed by atoms with van der Waals surface area (Å²) < 4.78 is 6.16. The maximum absolute atomic E-state index is 12.6. The third-order valence-electron chi connectivity index (χ3n) is 3.55. The highest BCUT2D eigenvalue weighted by molar-refractivity contribution is 5.88. The number of ether oxygens (including phenoxy) is 1. The summed E-state index contributed by atoms with van der Waals surface area (Å²) >= 11 is 0. The number of hydrogen-bond acceptors (Lipinski definition) is 4. The number of hydrogen-bond donors (Lipinski definition) is 0. The molecular formula is C19H34O4. The largest absolute Gasteiger partial charge is 0.368 e. The molecule has 0 rings (SSSR count). The number of rotatable bonds is 8. The van der Waals surface area contributed by atoms with Gasteiger partial charge in [-0.25, -0.2) is 0 Å². The fourth-order valence-electron chi connectivity index (χ4n) is 2.48. The molecule has 0 saturated carbocycles. The Kier molecular flexibility index (Phi) is 7.35. The van der Waals surface area contributed by atoms with Gasteiger partial charge in [-0.15, -0.1) is 0 Å². The summed E-state index contributed by atoms with van der Waals surface area (Å²) in [7, 11) is 0. The van der Waals surface area contributed by atoms with Gasteiger partial charge in [-0.3, -0.25) is 14.4 Å². The summed E-state index contributed by atoms with van der Waals surface area (Å²) in [5.74, 6) is -0.223. The summed E-state index contributed by atoms with van der Waals surface area (Å²) in [6.45, 7) is 16.3. The molecule has 0 aliphatic rings. The van der Waals surface area contributed by atoms with Crippen molar-refractivity contribution in [2.45, 2.75) is 92.8 Å². The third kappa shape index (κ3) is 8.40. The van der Waals surface area contributed by atoms with Gasteiger partial charge in [0.15, 0.2) is 0 Å². The van der Waals surface area contributed by atoms with Crippen LogP contribution in [0.2, 0.25) is 0 Å². The standard InChI is InChI=1S/C19H34O4/c1-13(2)15(21)11-19(10-14(3)20,23-18(7,8)9)12-16(22)17(4,5)6/h13H,10-12H2,1-9H3. The Morgan fingerprint density at radius 2 is 1.35 bits per heavy atom. The topological polar surface area (TPSA) is 60.4 Å². The van der Waals surface area contributed by atoms with Crippen LogP contribution >= 0.6 is 0 Å². The van der Waals surface area contributed by atoms with Crippen LogP contribution in [0.25, 0.3) is 0 Å². The molecular weight excluding hydrogens is 292 g/mol. The molecule has 0 aromatic rings. The van der Waals surface area contributed by atoms with E-state index in [-0.39, 0.29) is 42.5 Å². The zero-order chi connectivity index (χ0) is 18.6. The molecule has 4 heteroatoms. The van der Waals surface area contributed by atoms with Crippen LogP contribution in [0, 0.1) is 11.3 Å². The lowest BCUT2D eigenvalue weighted by Gasteiger charge is -2.40. The van der Waals surface area contributed by atoms with Gasteiger partial charge >= 0.3 is 0 Å². The third-order valence-corrected chi connectivity index (χ3v) is 3.55. The molecule has 0 fully saturated rings. The lowest BCUT2D eigenvalue weighted by atomic mass is 9.77. The van der Waals surface area contributed by atoms with E-state index in [0.29, 0.717) is 0 Å². The first kappa shape index (κ1) is 22.0. The minimum Gasteiger partial charge on any atom is -0.368 e. The molecule has 0 aromatic carbocycles. The van der Waals surface area contributed by atoms with E-state index in [0.717, 1.165) is 0 Å². The van der Waals surface area contributed by atoms with E-state index in [1.807, 2.05) is 55.4 Å². The minimum atomic E-state index is -1.06. The van der Waals surface area contributed by atoms with Gasteiger partial charge < -0.3 is 4.74 Å². The Labute approximate surface area is 141 Å². The van der Waals surface area contributed by atoms with Crippen molar-refractivity contribution >= 4 is 17.3 Å². The first-order chi connectivity index (χ1) is 10.1. The fourth-order valence-corrected chi connectivity index (χ4v) is 2.48. The van der Waals surface area contributed by atoms with E-state index in [1.54, 1.807) is 0 Å². The SMILES string of the molecule is CC(=O)CC(CC(=O)C(C)C)(CC(=O)C(C)(C)C)OC(C)(C)C. The van der Waals surface area contributed by atoms with Gasteiger partial charge in [-0.05, 0) is 27.7 Å². The molecule has 23 heavy (non-hydrogen) atoms. The van der Waals surface area contributed by atoms with Crippen molar-refractivity contribution < 1.29 is 19.1 Å². The van der Waals surface area contributed by atoms with Gasteiger partial charge in [-0.1, -0.05) is 34.6 Å². The van der Waals surface area contributed by atoms with Gasteiger partial charge in [0.05, 0.1) is 11.2 Å². The molecule has 0 heterocycles. The molecule has 0 aliphatic heterocycles. The van der Waals surface area contributed by atoms with Gasteiger partial charge in [-0.2, -0.15) is 0 Å². The van der Waals surface area contributed by atoms with Gasteiger partial charge in [0.1, 0.15) is 17.3 Å². The van der Waals surface area contributed by atoms with E-state index in [1.165, 1.54) is 6.92 Å². The highest BCUT2D eigenvalue weighted by Gasteiger charge is 2.42. The average Bonchev–Trinajstić information content (AvgIpc) is 2.22. The van der Waals surface area contributed by atoms with E-state index < -0.39 is 16.6 Å². The number of Topliss-reactive ketones (excluding diaryl/α,β-unsaturated/α-hetero) is 3. The molecule has 0 radical (unpaired) electrons. The Morgan fingerprint density at radius 1 is 0.870 bits per heavy atom. The molecule has 0 N–H and O–H groups in total. The molecule has 0 saturated heterocycles. The first-order valence-electron chi connectivity index (χ1n) is 8.34. The van der Waals surface area contributed by atoms with E-state index in [9.17, 15) is 14.4 Å². The number of ketones is 3. The maximum atomic E-state index is 12.6. The van der Waals surface area contributed by atoms with Crippen molar-refractivity contribution in [3.8, 4) is 0 Å². The van der Waals surface area contributed by atoms with Crippen molar-refractivity contribution in [2.75, 3.05) is 0 Å². The van der Waals surface area contributed by atoms with Crippen LogP contribution in [0.15, 0.2) is 0 Å². The summed E-state index contributed by atoms with van der Waals surface area (Å²) in [6, 6.07) is 0. The summed E-state index contributed by atoms with van der Waals surface area (Å²) in [5, 5.41) is 0. The van der Waals surface area contributed by atoms with Crippen molar-refractivity contribution in [1.82, 2.24) is 0 Å². The Balaban J connectivity index is 5.77. The molecule has 134 valence electrons. The van der Waals surface area contributed by atoms with Crippen LogP contribution in [0.1, 0.15) is 81.6 Å². The fraction of sp³-hybridized carbons (Fsp3) is 0.842. The summed E-state index contributed by atoms with van der Waals surface area (Å²) in [6.07, 6.45) is 0.236. The highest BCUT2D eigenvalue weighted by atomic mass is 16.5. The molecule has 0 bridgehead atoms. The predicted molar refractivity (Wildman–Crippen MR) is 92.4 cm³/mol. The van der Waals surface area contributed by atoms with E-state index in [4.69, 9.17) is 4.74 Å². The second-order valence-corrected chi connectivity index (χ2v) is 8.92. The second kappa shape index (κ2) is 7.69. The van der Waals surface area contributed by atoms with Crippen molar-refractivity contribution in [2.24, 2.45) is 11.3 Å². The highest BCUT2D eigenvalue weighted by Crippen LogP contribution is 2.35. The van der Waals surface area contributed by atoms with Crippen LogP contribution in [-0.4, -0.2) is 28.6 Å². The molecule has 0 aliphatic carbocycles. The minimum absolute atomic E-state index is 0.000411. The monoisotopic (exact) mass is 326 g/mol. The van der Waals surface area contributed by atoms with Crippen molar-refractivity contribution in [1.29, 1.82) is 0 Å². The summed E-state index contributed by atoms with van der Waals surface area (Å²) in [4.78, 5) is 36.8. The van der Waals surface area contributed by atoms with Gasteiger partial charge in [0.2, 0.25) is 0 Å². The molecule has 1 unspecified atom stereocenters. The molecule has 4 nitrogen and oxygen atoms in total. The Morgan fingerprint density at radius 3 is 1.65 bits per heavy atom. The summed E-state index contributed by atoms with van der Waals surface area (Å²) in [5.41, 5.74) is -2.15. The Hall–Kier alpha value is -1.03. The quantitative estimate of drug-likeness (QED) is 0.672. The van der Waals surface area contributed by atoms with Crippen LogP contribution in [0.5, 0.6) is 0 Å². The van der Waals surface area contributed by atoms with Gasteiger partial charge in [0.25, 0.3) is 0 Å². The van der Waals surface area contributed by atoms with Crippen LogP contribution in [-0.2, 0) is 19.1 Å². The van der Waals surface area contributed by atoms with Crippen molar-refractivity contribution in [3.05, 3.63) is 0 Å². The second-order valence-electron chi connectivity index (χ2n) is 8.92. The number of carbonyl (C=O) groups excluding carboxylic acids is 3. The molecule has 0 aromatic heterocycles. The zero-order valence-corrected chi connectivity index (χ0v) is 16.3. The molecule has 0 amide bonds. The lowest BCUT2D eigenvalue weighted by molar-refractivity contribution is -0.165. The van der Waals surface area contributed by atoms with Crippen LogP contribution < -0.4 is 0 Å². The zero-order valence-electron chi connectivity index (χ0n) is 16.3. The lowest BCUT2D eigenvalue weighted by Crippen LogP contribution is -2.46. The van der Waals surface area contributed by atoms with Crippen LogP contribution in [0.3, 0.4) is 0 Å². The van der Waals surface area contributed by atoms with Gasteiger partial charge in [0, 0.05) is 30.6 Å². The van der Waals surface area contributed by atoms with E-state index >= 15 is 0 Å². The maximum Gasteiger partial charge on any atom is 0.141 e. The normalized spacial score (nSPS) is 15.4. The van der Waals surface area contributed by atoms with Crippen LogP contribution in [0.4, 0.5) is 0 Å². The average molecular weight is 326 g/mol. The van der Waals surface area contributed by atoms with E-state index in [2.05, 4.69) is 0 Å². The molecule has 1 atom stereocenters. The predicted octanol–water partition coefficient (Wildman–Crippen LogP) is 4.14. The van der Waals surface area contributed by atoms with Crippen molar-refractivity contribution in [3.63, 3.8) is 0 Å². The first-order valence-corrected chi connectivity index (χ1v) is 8.34. The Bertz CT molecular complexity index is 449. The number of carbonyl (C=O) groups is 3.